The zero-order valence-electron chi connectivity index (χ0n) is 17.0. The molecule has 6 nitrogen and oxygen atoms in total. The molecule has 7 rings (SSSR count). The lowest BCUT2D eigenvalue weighted by molar-refractivity contribution is -0.116. The first-order valence-electron chi connectivity index (χ1n) is 10.9. The van der Waals surface area contributed by atoms with Crippen molar-refractivity contribution < 1.29 is 14.0 Å². The second-order valence-corrected chi connectivity index (χ2v) is 10.7. The smallest absolute Gasteiger partial charge is 0.277 e. The number of hydrogen-bond donors (Lipinski definition) is 1. The van der Waals surface area contributed by atoms with Crippen LogP contribution in [0.3, 0.4) is 0 Å². The van der Waals surface area contributed by atoms with Crippen molar-refractivity contribution in [2.45, 2.75) is 62.0 Å². The average Bonchev–Trinajstić information content (AvgIpc) is 3.30. The molecule has 7 heteroatoms. The number of benzene rings is 1. The predicted molar refractivity (Wildman–Crippen MR) is 113 cm³/mol. The standard InChI is InChI=1S/C23H25N3O3S/c1-12-17-7-16(2-3-18(17)24-20(12)28)19(27)11-30-22-26-25-21(29-22)23-8-13-4-14(9-23)6-15(5-13)10-23/h2-3,7,12-15H,4-6,8-11H2,1H3,(H,24,28)/t12-,13?,14?,15?,23?/m0/s1. The normalized spacial score (nSPS) is 33.6. The fourth-order valence-electron chi connectivity index (χ4n) is 6.66. The van der Waals surface area contributed by atoms with E-state index < -0.39 is 0 Å². The van der Waals surface area contributed by atoms with Gasteiger partial charge in [-0.15, -0.1) is 10.2 Å². The summed E-state index contributed by atoms with van der Waals surface area (Å²) in [6.07, 6.45) is 7.69. The summed E-state index contributed by atoms with van der Waals surface area (Å²) in [5.41, 5.74) is 2.39. The summed E-state index contributed by atoms with van der Waals surface area (Å²) in [6.45, 7) is 1.86. The van der Waals surface area contributed by atoms with Crippen LogP contribution in [0.5, 0.6) is 0 Å². The summed E-state index contributed by atoms with van der Waals surface area (Å²) in [5.74, 6) is 3.28. The van der Waals surface area contributed by atoms with Crippen molar-refractivity contribution in [2.24, 2.45) is 17.8 Å². The van der Waals surface area contributed by atoms with Gasteiger partial charge in [0.25, 0.3) is 5.22 Å². The van der Waals surface area contributed by atoms with E-state index in [-0.39, 0.29) is 28.8 Å². The second-order valence-electron chi connectivity index (χ2n) is 9.80. The van der Waals surface area contributed by atoms with E-state index in [1.807, 2.05) is 19.1 Å². The summed E-state index contributed by atoms with van der Waals surface area (Å²) in [6, 6.07) is 5.41. The molecule has 4 aliphatic carbocycles. The summed E-state index contributed by atoms with van der Waals surface area (Å²) < 4.78 is 6.09. The molecule has 2 heterocycles. The van der Waals surface area contributed by atoms with Crippen molar-refractivity contribution in [1.82, 2.24) is 10.2 Å². The molecule has 0 unspecified atom stereocenters. The Morgan fingerprint density at radius 2 is 1.87 bits per heavy atom. The van der Waals surface area contributed by atoms with Gasteiger partial charge in [0.2, 0.25) is 11.8 Å². The van der Waals surface area contributed by atoms with Crippen LogP contribution in [0.15, 0.2) is 27.8 Å². The first-order valence-corrected chi connectivity index (χ1v) is 11.9. The van der Waals surface area contributed by atoms with Gasteiger partial charge in [0.15, 0.2) is 5.78 Å². The van der Waals surface area contributed by atoms with Gasteiger partial charge in [-0.1, -0.05) is 11.8 Å². The Morgan fingerprint density at radius 3 is 2.57 bits per heavy atom. The van der Waals surface area contributed by atoms with E-state index in [0.29, 0.717) is 10.8 Å². The zero-order chi connectivity index (χ0) is 20.5. The molecule has 1 N–H and O–H groups in total. The third-order valence-corrected chi connectivity index (χ3v) is 8.53. The lowest BCUT2D eigenvalue weighted by Gasteiger charge is -2.55. The number of thioether (sulfide) groups is 1. The monoisotopic (exact) mass is 423 g/mol. The summed E-state index contributed by atoms with van der Waals surface area (Å²) in [5, 5.41) is 12.0. The number of nitrogens with one attached hydrogen (secondary N) is 1. The molecule has 0 saturated heterocycles. The van der Waals surface area contributed by atoms with Crippen LogP contribution in [-0.2, 0) is 10.2 Å². The molecule has 1 atom stereocenters. The van der Waals surface area contributed by atoms with Crippen molar-refractivity contribution in [3.8, 4) is 0 Å². The average molecular weight is 424 g/mol. The highest BCUT2D eigenvalue weighted by Crippen LogP contribution is 2.60. The topological polar surface area (TPSA) is 85.1 Å². The van der Waals surface area contributed by atoms with Gasteiger partial charge < -0.3 is 9.73 Å². The van der Waals surface area contributed by atoms with E-state index in [2.05, 4.69) is 15.5 Å². The number of rotatable bonds is 5. The molecular weight excluding hydrogens is 398 g/mol. The first kappa shape index (κ1) is 18.6. The summed E-state index contributed by atoms with van der Waals surface area (Å²) in [4.78, 5) is 24.5. The number of Topliss-reactive ketones (excluding diaryl/α,β-unsaturated/α-hetero) is 1. The largest absolute Gasteiger partial charge is 0.415 e. The molecule has 4 bridgehead atoms. The lowest BCUT2D eigenvalue weighted by Crippen LogP contribution is -2.48. The van der Waals surface area contributed by atoms with E-state index >= 15 is 0 Å². The number of ketones is 1. The molecule has 1 aliphatic heterocycles. The highest BCUT2D eigenvalue weighted by molar-refractivity contribution is 7.99. The quantitative estimate of drug-likeness (QED) is 0.560. The first-order chi connectivity index (χ1) is 14.5. The van der Waals surface area contributed by atoms with Crippen molar-refractivity contribution in [1.29, 1.82) is 0 Å². The Balaban J connectivity index is 1.15. The molecule has 4 fully saturated rings. The van der Waals surface area contributed by atoms with E-state index in [0.717, 1.165) is 34.9 Å². The maximum atomic E-state index is 12.7. The van der Waals surface area contributed by atoms with Crippen LogP contribution in [0.2, 0.25) is 0 Å². The molecule has 5 aliphatic rings. The number of anilines is 1. The predicted octanol–water partition coefficient (Wildman–Crippen LogP) is 4.57. The van der Waals surface area contributed by atoms with Gasteiger partial charge in [0.05, 0.1) is 11.7 Å². The molecule has 0 spiro atoms. The molecule has 156 valence electrons. The van der Waals surface area contributed by atoms with Crippen LogP contribution in [0.1, 0.15) is 73.2 Å². The van der Waals surface area contributed by atoms with Crippen LogP contribution in [0, 0.1) is 17.8 Å². The van der Waals surface area contributed by atoms with Crippen LogP contribution in [0.25, 0.3) is 0 Å². The second kappa shape index (κ2) is 6.67. The molecule has 1 amide bonds. The number of amides is 1. The Bertz CT molecular complexity index is 1010. The molecule has 1 aromatic heterocycles. The number of nitrogens with zero attached hydrogens (tertiary/aromatic N) is 2. The van der Waals surface area contributed by atoms with E-state index in [1.54, 1.807) is 6.07 Å². The Labute approximate surface area is 179 Å². The van der Waals surface area contributed by atoms with Crippen LogP contribution >= 0.6 is 11.8 Å². The number of carbonyl (C=O) groups excluding carboxylic acids is 2. The SMILES string of the molecule is C[C@@H]1C(=O)Nc2ccc(C(=O)CSc3nnc(C45CC6CC(CC(C6)C4)C5)o3)cc21. The van der Waals surface area contributed by atoms with Gasteiger partial charge in [0.1, 0.15) is 0 Å². The molecule has 2 aromatic rings. The maximum absolute atomic E-state index is 12.7. The minimum absolute atomic E-state index is 0.00361. The van der Waals surface area contributed by atoms with Crippen molar-refractivity contribution in [3.05, 3.63) is 35.2 Å². The molecule has 1 aromatic carbocycles. The van der Waals surface area contributed by atoms with Gasteiger partial charge in [0, 0.05) is 16.7 Å². The van der Waals surface area contributed by atoms with Crippen molar-refractivity contribution in [2.75, 3.05) is 11.1 Å². The fraction of sp³-hybridized carbons (Fsp3) is 0.565. The third-order valence-electron chi connectivity index (χ3n) is 7.72. The highest BCUT2D eigenvalue weighted by Gasteiger charge is 2.54. The highest BCUT2D eigenvalue weighted by atomic mass is 32.2. The number of hydrogen-bond acceptors (Lipinski definition) is 6. The van der Waals surface area contributed by atoms with Gasteiger partial charge >= 0.3 is 0 Å². The van der Waals surface area contributed by atoms with Crippen LogP contribution < -0.4 is 5.32 Å². The number of fused-ring (bicyclic) bond motifs is 1. The van der Waals surface area contributed by atoms with Crippen LogP contribution in [0.4, 0.5) is 5.69 Å². The fourth-order valence-corrected chi connectivity index (χ4v) is 7.31. The Kier molecular flexibility index (Phi) is 4.14. The minimum atomic E-state index is -0.223. The molecule has 4 saturated carbocycles. The van der Waals surface area contributed by atoms with Gasteiger partial charge in [-0.3, -0.25) is 9.59 Å². The van der Waals surface area contributed by atoms with Gasteiger partial charge in [-0.2, -0.15) is 0 Å². The molecule has 30 heavy (non-hydrogen) atoms. The van der Waals surface area contributed by atoms with Crippen LogP contribution in [-0.4, -0.2) is 27.6 Å². The third kappa shape index (κ3) is 2.93. The summed E-state index contributed by atoms with van der Waals surface area (Å²) in [7, 11) is 0. The van der Waals surface area contributed by atoms with E-state index in [4.69, 9.17) is 4.42 Å². The Hall–Kier alpha value is -2.15. The zero-order valence-corrected chi connectivity index (χ0v) is 17.8. The van der Waals surface area contributed by atoms with E-state index in [9.17, 15) is 9.59 Å². The van der Waals surface area contributed by atoms with Crippen molar-refractivity contribution >= 4 is 29.1 Å². The number of aromatic nitrogens is 2. The van der Waals surface area contributed by atoms with Gasteiger partial charge in [-0.25, -0.2) is 0 Å². The Morgan fingerprint density at radius 1 is 1.17 bits per heavy atom. The minimum Gasteiger partial charge on any atom is -0.415 e. The lowest BCUT2D eigenvalue weighted by atomic mass is 9.49. The van der Waals surface area contributed by atoms with Crippen molar-refractivity contribution in [3.63, 3.8) is 0 Å². The molecule has 0 radical (unpaired) electrons. The number of carbonyl (C=O) groups is 2. The maximum Gasteiger partial charge on any atom is 0.277 e. The van der Waals surface area contributed by atoms with Gasteiger partial charge in [-0.05, 0) is 87.0 Å². The molecular formula is C23H25N3O3S. The van der Waals surface area contributed by atoms with E-state index in [1.165, 1.54) is 50.3 Å². The summed E-state index contributed by atoms with van der Waals surface area (Å²) >= 11 is 1.31.